The number of hydrogen-bond donors (Lipinski definition) is 0. The van der Waals surface area contributed by atoms with Crippen molar-refractivity contribution in [3.05, 3.63) is 12.2 Å². The number of ketones is 1. The highest BCUT2D eigenvalue weighted by Crippen LogP contribution is 2.60. The minimum atomic E-state index is -0.0628. The molecule has 5 unspecified atom stereocenters. The van der Waals surface area contributed by atoms with Gasteiger partial charge in [-0.1, -0.05) is 13.0 Å². The molecule has 2 aliphatic carbocycles. The van der Waals surface area contributed by atoms with Crippen LogP contribution in [-0.4, -0.2) is 28.7 Å². The zero-order chi connectivity index (χ0) is 15.5. The number of allylic oxidation sites excluding steroid dienone is 1. The molecule has 3 heteroatoms. The van der Waals surface area contributed by atoms with Crippen molar-refractivity contribution in [1.82, 2.24) is 4.90 Å². The number of piperidine rings is 1. The quantitative estimate of drug-likeness (QED) is 0.688. The van der Waals surface area contributed by atoms with Gasteiger partial charge < -0.3 is 4.90 Å². The number of fused-ring (bicyclic) bond motifs is 5. The first-order chi connectivity index (χ1) is 10.5. The molecule has 0 aromatic rings. The summed E-state index contributed by atoms with van der Waals surface area (Å²) in [7, 11) is 0. The van der Waals surface area contributed by atoms with Gasteiger partial charge in [-0.2, -0.15) is 0 Å². The Labute approximate surface area is 133 Å². The van der Waals surface area contributed by atoms with E-state index in [1.165, 1.54) is 0 Å². The van der Waals surface area contributed by atoms with E-state index in [4.69, 9.17) is 0 Å². The van der Waals surface area contributed by atoms with Crippen LogP contribution in [0.2, 0.25) is 0 Å². The molecule has 120 valence electrons. The fraction of sp³-hybridized carbons (Fsp3) is 0.789. The first-order valence-corrected chi connectivity index (χ1v) is 8.98. The maximum Gasteiger partial charge on any atom is 0.246 e. The molecular formula is C19H27NO2. The van der Waals surface area contributed by atoms with E-state index in [9.17, 15) is 9.59 Å². The number of nitrogens with zero attached hydrogens (tertiary/aromatic N) is 1. The fourth-order valence-electron chi connectivity index (χ4n) is 6.30. The highest BCUT2D eigenvalue weighted by atomic mass is 16.2. The molecule has 0 bridgehead atoms. The third-order valence-electron chi connectivity index (χ3n) is 7.59. The molecule has 0 N–H and O–H groups in total. The monoisotopic (exact) mass is 301 g/mol. The van der Waals surface area contributed by atoms with E-state index in [0.29, 0.717) is 23.5 Å². The van der Waals surface area contributed by atoms with Gasteiger partial charge in [0, 0.05) is 23.9 Å². The molecule has 0 aromatic heterocycles. The Morgan fingerprint density at radius 1 is 1.09 bits per heavy atom. The lowest BCUT2D eigenvalue weighted by Gasteiger charge is -2.58. The fourth-order valence-corrected chi connectivity index (χ4v) is 6.30. The van der Waals surface area contributed by atoms with Crippen molar-refractivity contribution in [3.63, 3.8) is 0 Å². The highest BCUT2D eigenvalue weighted by Gasteiger charge is 2.59. The smallest absolute Gasteiger partial charge is 0.246 e. The van der Waals surface area contributed by atoms with Crippen molar-refractivity contribution in [2.24, 2.45) is 23.2 Å². The average molecular weight is 301 g/mol. The van der Waals surface area contributed by atoms with E-state index in [1.807, 2.05) is 6.08 Å². The lowest BCUT2D eigenvalue weighted by atomic mass is 9.53. The van der Waals surface area contributed by atoms with Crippen LogP contribution in [0.25, 0.3) is 0 Å². The van der Waals surface area contributed by atoms with Gasteiger partial charge in [-0.15, -0.1) is 0 Å². The average Bonchev–Trinajstić information content (AvgIpc) is 2.70. The minimum Gasteiger partial charge on any atom is -0.333 e. The van der Waals surface area contributed by atoms with Crippen LogP contribution in [0.3, 0.4) is 0 Å². The summed E-state index contributed by atoms with van der Waals surface area (Å²) >= 11 is 0. The molecule has 2 aliphatic heterocycles. The number of carbonyl (C=O) groups is 2. The molecule has 0 aromatic carbocycles. The number of rotatable bonds is 0. The van der Waals surface area contributed by atoms with Crippen molar-refractivity contribution >= 4 is 11.7 Å². The van der Waals surface area contributed by atoms with Gasteiger partial charge in [0.05, 0.1) is 0 Å². The summed E-state index contributed by atoms with van der Waals surface area (Å²) < 4.78 is 0. The molecule has 1 amide bonds. The number of hydrogen-bond acceptors (Lipinski definition) is 2. The third-order valence-corrected chi connectivity index (χ3v) is 7.59. The lowest BCUT2D eigenvalue weighted by Crippen LogP contribution is -2.62. The minimum absolute atomic E-state index is 0.00350. The zero-order valence-electron chi connectivity index (χ0n) is 13.8. The normalized spacial score (nSPS) is 47.7. The van der Waals surface area contributed by atoms with Crippen molar-refractivity contribution < 1.29 is 9.59 Å². The molecule has 4 aliphatic rings. The SMILES string of the molecule is CC12CCC3C(CCN4C(=O)C=CCCC34C)C1CCC2=O. The molecule has 3 fully saturated rings. The van der Waals surface area contributed by atoms with Gasteiger partial charge >= 0.3 is 0 Å². The van der Waals surface area contributed by atoms with E-state index in [2.05, 4.69) is 18.7 Å². The van der Waals surface area contributed by atoms with E-state index in [0.717, 1.165) is 51.5 Å². The molecular weight excluding hydrogens is 274 g/mol. The van der Waals surface area contributed by atoms with Crippen molar-refractivity contribution in [1.29, 1.82) is 0 Å². The highest BCUT2D eigenvalue weighted by molar-refractivity contribution is 5.89. The maximum absolute atomic E-state index is 12.5. The van der Waals surface area contributed by atoms with Crippen LogP contribution in [0.15, 0.2) is 12.2 Å². The van der Waals surface area contributed by atoms with Crippen LogP contribution in [-0.2, 0) is 9.59 Å². The van der Waals surface area contributed by atoms with Gasteiger partial charge in [-0.05, 0) is 69.3 Å². The van der Waals surface area contributed by atoms with Crippen molar-refractivity contribution in [2.45, 2.75) is 64.3 Å². The van der Waals surface area contributed by atoms with Crippen molar-refractivity contribution in [3.8, 4) is 0 Å². The summed E-state index contributed by atoms with van der Waals surface area (Å²) in [5.74, 6) is 2.48. The second kappa shape index (κ2) is 4.69. The van der Waals surface area contributed by atoms with Gasteiger partial charge in [0.1, 0.15) is 5.78 Å². The number of Topliss-reactive ketones (excluding diaryl/α,β-unsaturated/α-hetero) is 1. The molecule has 2 heterocycles. The Hall–Kier alpha value is -1.12. The van der Waals surface area contributed by atoms with E-state index < -0.39 is 0 Å². The Morgan fingerprint density at radius 3 is 2.73 bits per heavy atom. The Kier molecular flexibility index (Phi) is 3.08. The van der Waals surface area contributed by atoms with Gasteiger partial charge in [0.15, 0.2) is 0 Å². The summed E-state index contributed by atoms with van der Waals surface area (Å²) in [5.41, 5.74) is -0.0663. The molecule has 1 saturated heterocycles. The van der Waals surface area contributed by atoms with Gasteiger partial charge in [0.25, 0.3) is 0 Å². The molecule has 4 rings (SSSR count). The van der Waals surface area contributed by atoms with Crippen LogP contribution in [0, 0.1) is 23.2 Å². The standard InChI is InChI=1S/C19H27NO2/c1-18-11-8-15-13(14(18)6-7-16(18)21)9-12-20-17(22)5-3-4-10-19(15,20)2/h3,5,13-15H,4,6-12H2,1-2H3. The summed E-state index contributed by atoms with van der Waals surface area (Å²) in [6.07, 6.45) is 11.0. The Morgan fingerprint density at radius 2 is 1.91 bits per heavy atom. The van der Waals surface area contributed by atoms with Gasteiger partial charge in [0.2, 0.25) is 5.91 Å². The van der Waals surface area contributed by atoms with Crippen LogP contribution < -0.4 is 0 Å². The zero-order valence-corrected chi connectivity index (χ0v) is 13.8. The molecule has 0 radical (unpaired) electrons. The predicted octanol–water partition coefficient (Wildman–Crippen LogP) is 3.34. The van der Waals surface area contributed by atoms with Crippen molar-refractivity contribution in [2.75, 3.05) is 6.54 Å². The summed E-state index contributed by atoms with van der Waals surface area (Å²) in [6.45, 7) is 5.41. The first kappa shape index (κ1) is 14.5. The van der Waals surface area contributed by atoms with Gasteiger partial charge in [-0.3, -0.25) is 9.59 Å². The third kappa shape index (κ3) is 1.74. The van der Waals surface area contributed by atoms with Crippen LogP contribution in [0.4, 0.5) is 0 Å². The van der Waals surface area contributed by atoms with Crippen LogP contribution in [0.1, 0.15) is 58.8 Å². The first-order valence-electron chi connectivity index (χ1n) is 8.98. The Balaban J connectivity index is 1.69. The van der Waals surface area contributed by atoms with Crippen LogP contribution >= 0.6 is 0 Å². The predicted molar refractivity (Wildman–Crippen MR) is 85.2 cm³/mol. The topological polar surface area (TPSA) is 37.4 Å². The largest absolute Gasteiger partial charge is 0.333 e. The summed E-state index contributed by atoms with van der Waals surface area (Å²) in [5, 5.41) is 0. The molecule has 22 heavy (non-hydrogen) atoms. The number of amides is 1. The van der Waals surface area contributed by atoms with Crippen LogP contribution in [0.5, 0.6) is 0 Å². The second-order valence-corrected chi connectivity index (χ2v) is 8.37. The van der Waals surface area contributed by atoms with E-state index in [1.54, 1.807) is 6.08 Å². The van der Waals surface area contributed by atoms with E-state index in [-0.39, 0.29) is 16.9 Å². The second-order valence-electron chi connectivity index (χ2n) is 8.37. The lowest BCUT2D eigenvalue weighted by molar-refractivity contribution is -0.151. The van der Waals surface area contributed by atoms with Gasteiger partial charge in [-0.25, -0.2) is 0 Å². The number of carbonyl (C=O) groups excluding carboxylic acids is 2. The molecule has 2 saturated carbocycles. The van der Waals surface area contributed by atoms with E-state index >= 15 is 0 Å². The Bertz CT molecular complexity index is 554. The molecule has 5 atom stereocenters. The molecule has 0 spiro atoms. The summed E-state index contributed by atoms with van der Waals surface area (Å²) in [6, 6.07) is 0. The maximum atomic E-state index is 12.5. The molecule has 3 nitrogen and oxygen atoms in total. The summed E-state index contributed by atoms with van der Waals surface area (Å²) in [4.78, 5) is 27.0.